The van der Waals surface area contributed by atoms with Crippen LogP contribution in [-0.2, 0) is 16.8 Å². The van der Waals surface area contributed by atoms with Gasteiger partial charge in [0.2, 0.25) is 11.0 Å². The number of aliphatic hydroxyl groups excluding tert-OH is 1. The lowest BCUT2D eigenvalue weighted by Crippen LogP contribution is -2.27. The summed E-state index contributed by atoms with van der Waals surface area (Å²) in [5.41, 5.74) is 0.816. The van der Waals surface area contributed by atoms with Crippen LogP contribution in [0.15, 0.2) is 24.3 Å². The first-order chi connectivity index (χ1) is 10.9. The number of hydrogen-bond donors (Lipinski definition) is 3. The first-order valence-electron chi connectivity index (χ1n) is 7.11. The Kier molecular flexibility index (Phi) is 5.62. The quantitative estimate of drug-likeness (QED) is 0.715. The van der Waals surface area contributed by atoms with Crippen LogP contribution < -0.4 is 10.6 Å². The van der Waals surface area contributed by atoms with Crippen LogP contribution in [0.2, 0.25) is 0 Å². The highest BCUT2D eigenvalue weighted by molar-refractivity contribution is 7.09. The van der Waals surface area contributed by atoms with Gasteiger partial charge in [-0.3, -0.25) is 4.79 Å². The van der Waals surface area contributed by atoms with Crippen molar-refractivity contribution in [3.05, 3.63) is 41.5 Å². The molecule has 0 atom stereocenters. The SMILES string of the molecule is CC(C)(CNc1nc(CNC(=O)CO)ns1)c1ccc(F)cc1. The molecular formula is C15H19FN4O2S. The summed E-state index contributed by atoms with van der Waals surface area (Å²) in [6.07, 6.45) is 0. The number of nitrogens with one attached hydrogen (secondary N) is 2. The molecule has 0 unspecified atom stereocenters. The largest absolute Gasteiger partial charge is 0.387 e. The molecule has 0 bridgehead atoms. The predicted molar refractivity (Wildman–Crippen MR) is 86.8 cm³/mol. The van der Waals surface area contributed by atoms with Gasteiger partial charge in [-0.25, -0.2) is 9.37 Å². The van der Waals surface area contributed by atoms with E-state index >= 15 is 0 Å². The van der Waals surface area contributed by atoms with E-state index in [1.807, 2.05) is 0 Å². The summed E-state index contributed by atoms with van der Waals surface area (Å²) in [6, 6.07) is 6.44. The maximum Gasteiger partial charge on any atom is 0.246 e. The third kappa shape index (κ3) is 4.97. The second kappa shape index (κ2) is 7.47. The summed E-state index contributed by atoms with van der Waals surface area (Å²) >= 11 is 1.20. The fraction of sp³-hybridized carbons (Fsp3) is 0.400. The van der Waals surface area contributed by atoms with Crippen molar-refractivity contribution in [2.75, 3.05) is 18.5 Å². The third-order valence-corrected chi connectivity index (χ3v) is 4.07. The Morgan fingerprint density at radius 2 is 2.04 bits per heavy atom. The van der Waals surface area contributed by atoms with Gasteiger partial charge in [0.25, 0.3) is 0 Å². The van der Waals surface area contributed by atoms with E-state index in [0.717, 1.165) is 5.56 Å². The molecule has 3 N–H and O–H groups in total. The number of hydrogen-bond acceptors (Lipinski definition) is 6. The van der Waals surface area contributed by atoms with Crippen LogP contribution in [0.25, 0.3) is 0 Å². The topological polar surface area (TPSA) is 87.1 Å². The van der Waals surface area contributed by atoms with Gasteiger partial charge >= 0.3 is 0 Å². The van der Waals surface area contributed by atoms with E-state index in [1.165, 1.54) is 23.7 Å². The molecule has 6 nitrogen and oxygen atoms in total. The maximum absolute atomic E-state index is 13.0. The zero-order valence-corrected chi connectivity index (χ0v) is 13.8. The molecule has 1 aromatic carbocycles. The lowest BCUT2D eigenvalue weighted by atomic mass is 9.85. The lowest BCUT2D eigenvalue weighted by Gasteiger charge is -2.25. The molecule has 124 valence electrons. The van der Waals surface area contributed by atoms with Gasteiger partial charge in [0.15, 0.2) is 5.82 Å². The molecule has 0 saturated heterocycles. The number of rotatable bonds is 7. The third-order valence-electron chi connectivity index (χ3n) is 3.36. The molecule has 8 heteroatoms. The molecule has 1 amide bonds. The lowest BCUT2D eigenvalue weighted by molar-refractivity contribution is -0.124. The molecule has 0 radical (unpaired) electrons. The fourth-order valence-electron chi connectivity index (χ4n) is 1.93. The van der Waals surface area contributed by atoms with Gasteiger partial charge in [0.1, 0.15) is 12.4 Å². The number of amides is 1. The van der Waals surface area contributed by atoms with E-state index in [2.05, 4.69) is 33.8 Å². The molecule has 0 aliphatic rings. The molecule has 1 heterocycles. The van der Waals surface area contributed by atoms with Crippen LogP contribution in [0.4, 0.5) is 9.52 Å². The Morgan fingerprint density at radius 1 is 1.35 bits per heavy atom. The van der Waals surface area contributed by atoms with Crippen LogP contribution >= 0.6 is 11.5 Å². The zero-order valence-electron chi connectivity index (χ0n) is 13.0. The summed E-state index contributed by atoms with van der Waals surface area (Å²) in [5, 5.41) is 15.0. The van der Waals surface area contributed by atoms with Gasteiger partial charge in [0, 0.05) is 23.5 Å². The summed E-state index contributed by atoms with van der Waals surface area (Å²) in [7, 11) is 0. The second-order valence-electron chi connectivity index (χ2n) is 5.69. The van der Waals surface area contributed by atoms with Gasteiger partial charge in [-0.2, -0.15) is 4.37 Å². The number of anilines is 1. The second-order valence-corrected chi connectivity index (χ2v) is 6.45. The van der Waals surface area contributed by atoms with Crippen LogP contribution in [-0.4, -0.2) is 33.5 Å². The molecule has 1 aromatic heterocycles. The van der Waals surface area contributed by atoms with E-state index < -0.39 is 12.5 Å². The molecule has 0 saturated carbocycles. The van der Waals surface area contributed by atoms with E-state index in [-0.39, 0.29) is 17.8 Å². The minimum Gasteiger partial charge on any atom is -0.387 e. The van der Waals surface area contributed by atoms with Crippen molar-refractivity contribution in [2.24, 2.45) is 0 Å². The number of carbonyl (C=O) groups excluding carboxylic acids is 1. The number of benzene rings is 1. The summed E-state index contributed by atoms with van der Waals surface area (Å²) in [4.78, 5) is 15.2. The van der Waals surface area contributed by atoms with E-state index in [1.54, 1.807) is 12.1 Å². The molecular weight excluding hydrogens is 319 g/mol. The van der Waals surface area contributed by atoms with Gasteiger partial charge in [-0.05, 0) is 17.7 Å². The highest BCUT2D eigenvalue weighted by atomic mass is 32.1. The Bertz CT molecular complexity index is 658. The Labute approximate surface area is 137 Å². The van der Waals surface area contributed by atoms with Crippen molar-refractivity contribution >= 4 is 22.6 Å². The van der Waals surface area contributed by atoms with Crippen LogP contribution in [0, 0.1) is 5.82 Å². The first-order valence-corrected chi connectivity index (χ1v) is 7.88. The first kappa shape index (κ1) is 17.3. The number of nitrogens with zero attached hydrogens (tertiary/aromatic N) is 2. The van der Waals surface area contributed by atoms with Crippen molar-refractivity contribution in [3.8, 4) is 0 Å². The Balaban J connectivity index is 1.91. The predicted octanol–water partition coefficient (Wildman–Crippen LogP) is 1.68. The molecule has 0 fully saturated rings. The van der Waals surface area contributed by atoms with Crippen molar-refractivity contribution in [3.63, 3.8) is 0 Å². The number of carbonyl (C=O) groups is 1. The minimum atomic E-state index is -0.554. The Hall–Kier alpha value is -2.06. The highest BCUT2D eigenvalue weighted by Gasteiger charge is 2.21. The van der Waals surface area contributed by atoms with Gasteiger partial charge < -0.3 is 15.7 Å². The summed E-state index contributed by atoms with van der Waals surface area (Å²) in [6.45, 7) is 4.34. The molecule has 2 rings (SSSR count). The molecule has 23 heavy (non-hydrogen) atoms. The highest BCUT2D eigenvalue weighted by Crippen LogP contribution is 2.24. The van der Waals surface area contributed by atoms with E-state index in [9.17, 15) is 9.18 Å². The van der Waals surface area contributed by atoms with Gasteiger partial charge in [-0.1, -0.05) is 26.0 Å². The maximum atomic E-state index is 13.0. The van der Waals surface area contributed by atoms with Gasteiger partial charge in [-0.15, -0.1) is 0 Å². The van der Waals surface area contributed by atoms with Gasteiger partial charge in [0.05, 0.1) is 6.54 Å². The summed E-state index contributed by atoms with van der Waals surface area (Å²) in [5.74, 6) is -0.234. The summed E-state index contributed by atoms with van der Waals surface area (Å²) < 4.78 is 17.1. The number of aliphatic hydroxyl groups is 1. The average Bonchev–Trinajstić information content (AvgIpc) is 2.99. The van der Waals surface area contributed by atoms with Crippen molar-refractivity contribution in [1.29, 1.82) is 0 Å². The normalized spacial score (nSPS) is 11.3. The van der Waals surface area contributed by atoms with Crippen LogP contribution in [0.5, 0.6) is 0 Å². The van der Waals surface area contributed by atoms with Crippen molar-refractivity contribution < 1.29 is 14.3 Å². The Morgan fingerprint density at radius 3 is 2.70 bits per heavy atom. The fourth-order valence-corrected chi connectivity index (χ4v) is 2.51. The van der Waals surface area contributed by atoms with Crippen LogP contribution in [0.3, 0.4) is 0 Å². The molecule has 0 spiro atoms. The number of halogens is 1. The minimum absolute atomic E-state index is 0.179. The molecule has 0 aliphatic heterocycles. The van der Waals surface area contributed by atoms with E-state index in [4.69, 9.17) is 5.11 Å². The monoisotopic (exact) mass is 338 g/mol. The number of aromatic nitrogens is 2. The van der Waals surface area contributed by atoms with Crippen molar-refractivity contribution in [1.82, 2.24) is 14.7 Å². The van der Waals surface area contributed by atoms with Crippen LogP contribution in [0.1, 0.15) is 25.2 Å². The zero-order chi connectivity index (χ0) is 16.9. The van der Waals surface area contributed by atoms with Crippen molar-refractivity contribution in [2.45, 2.75) is 25.8 Å². The smallest absolute Gasteiger partial charge is 0.246 e. The molecule has 2 aromatic rings. The van der Waals surface area contributed by atoms with E-state index in [0.29, 0.717) is 17.5 Å². The standard InChI is InChI=1S/C15H19FN4O2S/c1-15(2,10-3-5-11(16)6-4-10)9-18-14-19-12(20-23-14)7-17-13(22)8-21/h3-6,21H,7-9H2,1-2H3,(H,17,22)(H,18,19,20). The molecule has 0 aliphatic carbocycles. The average molecular weight is 338 g/mol.